The van der Waals surface area contributed by atoms with Crippen molar-refractivity contribution in [2.75, 3.05) is 40.4 Å². The third-order valence-corrected chi connectivity index (χ3v) is 5.44. The summed E-state index contributed by atoms with van der Waals surface area (Å²) in [5.74, 6) is 1.40. The Morgan fingerprint density at radius 3 is 2.76 bits per heavy atom. The largest absolute Gasteiger partial charge is 0.493 e. The molecule has 0 spiro atoms. The molecule has 2 heterocycles. The highest BCUT2D eigenvalue weighted by Crippen LogP contribution is 2.35. The zero-order valence-corrected chi connectivity index (χ0v) is 15.6. The van der Waals surface area contributed by atoms with Gasteiger partial charge in [-0.3, -0.25) is 4.79 Å². The van der Waals surface area contributed by atoms with Crippen LogP contribution in [0, 0.1) is 6.92 Å². The Balaban J connectivity index is 1.88. The summed E-state index contributed by atoms with van der Waals surface area (Å²) in [4.78, 5) is 20.1. The molecule has 1 amide bonds. The maximum Gasteiger partial charge on any atom is 0.265 e. The van der Waals surface area contributed by atoms with Crippen molar-refractivity contribution in [3.05, 3.63) is 28.8 Å². The SMILES string of the molecule is COc1ccc(-c2nc(C)c(C(=O)N3CCCNCC3)s2)cc1OC. The summed E-state index contributed by atoms with van der Waals surface area (Å²) in [7, 11) is 3.22. The molecule has 25 heavy (non-hydrogen) atoms. The smallest absolute Gasteiger partial charge is 0.265 e. The average molecular weight is 361 g/mol. The van der Waals surface area contributed by atoms with Gasteiger partial charge in [-0.1, -0.05) is 0 Å². The average Bonchev–Trinajstić information content (AvgIpc) is 2.85. The van der Waals surface area contributed by atoms with Crippen molar-refractivity contribution in [2.45, 2.75) is 13.3 Å². The number of benzene rings is 1. The van der Waals surface area contributed by atoms with Gasteiger partial charge in [0.15, 0.2) is 11.5 Å². The first-order valence-corrected chi connectivity index (χ1v) is 9.15. The second-order valence-electron chi connectivity index (χ2n) is 5.90. The van der Waals surface area contributed by atoms with Crippen LogP contribution in [0.25, 0.3) is 10.6 Å². The van der Waals surface area contributed by atoms with Crippen molar-refractivity contribution >= 4 is 17.2 Å². The molecule has 1 N–H and O–H groups in total. The van der Waals surface area contributed by atoms with E-state index in [2.05, 4.69) is 10.3 Å². The summed E-state index contributed by atoms with van der Waals surface area (Å²) in [6, 6.07) is 5.68. The highest BCUT2D eigenvalue weighted by atomic mass is 32.1. The van der Waals surface area contributed by atoms with Gasteiger partial charge in [-0.2, -0.15) is 0 Å². The fourth-order valence-electron chi connectivity index (χ4n) is 2.88. The topological polar surface area (TPSA) is 63.7 Å². The number of nitrogens with zero attached hydrogens (tertiary/aromatic N) is 2. The first kappa shape index (κ1) is 17.7. The van der Waals surface area contributed by atoms with Crippen molar-refractivity contribution in [1.82, 2.24) is 15.2 Å². The van der Waals surface area contributed by atoms with Crippen LogP contribution in [0.5, 0.6) is 11.5 Å². The molecule has 1 aromatic carbocycles. The molecular formula is C18H23N3O3S. The van der Waals surface area contributed by atoms with E-state index in [0.717, 1.165) is 48.9 Å². The molecule has 0 radical (unpaired) electrons. The molecule has 7 heteroatoms. The molecule has 134 valence electrons. The number of hydrogen-bond donors (Lipinski definition) is 1. The number of carbonyl (C=O) groups excluding carboxylic acids is 1. The second kappa shape index (κ2) is 7.84. The Hall–Kier alpha value is -2.12. The first-order chi connectivity index (χ1) is 12.1. The van der Waals surface area contributed by atoms with E-state index in [1.54, 1.807) is 14.2 Å². The van der Waals surface area contributed by atoms with Crippen molar-refractivity contribution < 1.29 is 14.3 Å². The van der Waals surface area contributed by atoms with Crippen molar-refractivity contribution in [3.8, 4) is 22.1 Å². The highest BCUT2D eigenvalue weighted by molar-refractivity contribution is 7.17. The Bertz CT molecular complexity index is 752. The number of hydrogen-bond acceptors (Lipinski definition) is 6. The van der Waals surface area contributed by atoms with E-state index in [9.17, 15) is 4.79 Å². The molecular weight excluding hydrogens is 338 g/mol. The summed E-state index contributed by atoms with van der Waals surface area (Å²) in [5, 5.41) is 4.14. The molecule has 1 fully saturated rings. The Labute approximate surface area is 151 Å². The number of nitrogens with one attached hydrogen (secondary N) is 1. The minimum absolute atomic E-state index is 0.0745. The van der Waals surface area contributed by atoms with Gasteiger partial charge in [0.25, 0.3) is 5.91 Å². The molecule has 3 rings (SSSR count). The van der Waals surface area contributed by atoms with Crippen molar-refractivity contribution in [1.29, 1.82) is 0 Å². The Kier molecular flexibility index (Phi) is 5.55. The summed E-state index contributed by atoms with van der Waals surface area (Å²) < 4.78 is 10.6. The predicted molar refractivity (Wildman–Crippen MR) is 98.8 cm³/mol. The minimum Gasteiger partial charge on any atom is -0.493 e. The minimum atomic E-state index is 0.0745. The molecule has 0 saturated carbocycles. The number of rotatable bonds is 4. The van der Waals surface area contributed by atoms with Crippen LogP contribution in [-0.4, -0.2) is 56.2 Å². The normalized spacial score (nSPS) is 14.9. The van der Waals surface area contributed by atoms with E-state index in [4.69, 9.17) is 9.47 Å². The molecule has 1 aromatic heterocycles. The summed E-state index contributed by atoms with van der Waals surface area (Å²) in [6.45, 7) is 5.22. The number of thiazole rings is 1. The highest BCUT2D eigenvalue weighted by Gasteiger charge is 2.23. The monoisotopic (exact) mass is 361 g/mol. The molecule has 0 aliphatic carbocycles. The van der Waals surface area contributed by atoms with Gasteiger partial charge in [0.2, 0.25) is 0 Å². The molecule has 2 aromatic rings. The summed E-state index contributed by atoms with van der Waals surface area (Å²) in [6.07, 6.45) is 0.978. The maximum atomic E-state index is 12.9. The van der Waals surface area contributed by atoms with E-state index in [1.165, 1.54) is 11.3 Å². The number of aryl methyl sites for hydroxylation is 1. The molecule has 0 unspecified atom stereocenters. The predicted octanol–water partition coefficient (Wildman–Crippen LogP) is 2.57. The zero-order chi connectivity index (χ0) is 17.8. The third-order valence-electron chi connectivity index (χ3n) is 4.25. The lowest BCUT2D eigenvalue weighted by atomic mass is 10.2. The van der Waals surface area contributed by atoms with Gasteiger partial charge in [-0.15, -0.1) is 11.3 Å². The van der Waals surface area contributed by atoms with Crippen LogP contribution in [0.15, 0.2) is 18.2 Å². The summed E-state index contributed by atoms with van der Waals surface area (Å²) in [5.41, 5.74) is 1.69. The quantitative estimate of drug-likeness (QED) is 0.907. The van der Waals surface area contributed by atoms with Crippen LogP contribution in [-0.2, 0) is 0 Å². The lowest BCUT2D eigenvalue weighted by Gasteiger charge is -2.19. The standard InChI is InChI=1S/C18H23N3O3S/c1-12-16(18(22)21-9-4-7-19-8-10-21)25-17(20-12)13-5-6-14(23-2)15(11-13)24-3/h5-6,11,19H,4,7-10H2,1-3H3. The fraction of sp³-hybridized carbons (Fsp3) is 0.444. The van der Waals surface area contributed by atoms with Gasteiger partial charge < -0.3 is 19.7 Å². The molecule has 1 saturated heterocycles. The molecule has 1 aliphatic heterocycles. The number of aromatic nitrogens is 1. The number of amides is 1. The van der Waals surface area contributed by atoms with Crippen LogP contribution >= 0.6 is 11.3 Å². The van der Waals surface area contributed by atoms with Gasteiger partial charge in [-0.05, 0) is 38.1 Å². The van der Waals surface area contributed by atoms with Crippen LogP contribution in [0.2, 0.25) is 0 Å². The number of carbonyl (C=O) groups is 1. The van der Waals surface area contributed by atoms with Crippen LogP contribution in [0.3, 0.4) is 0 Å². The lowest BCUT2D eigenvalue weighted by molar-refractivity contribution is 0.0770. The van der Waals surface area contributed by atoms with Crippen molar-refractivity contribution in [3.63, 3.8) is 0 Å². The van der Waals surface area contributed by atoms with Gasteiger partial charge in [0.1, 0.15) is 9.88 Å². The molecule has 0 bridgehead atoms. The van der Waals surface area contributed by atoms with E-state index in [1.807, 2.05) is 30.0 Å². The Morgan fingerprint density at radius 2 is 2.00 bits per heavy atom. The van der Waals surface area contributed by atoms with Crippen LogP contribution in [0.1, 0.15) is 21.8 Å². The van der Waals surface area contributed by atoms with Crippen molar-refractivity contribution in [2.24, 2.45) is 0 Å². The second-order valence-corrected chi connectivity index (χ2v) is 6.90. The van der Waals surface area contributed by atoms with Gasteiger partial charge in [0.05, 0.1) is 19.9 Å². The fourth-order valence-corrected chi connectivity index (χ4v) is 3.91. The zero-order valence-electron chi connectivity index (χ0n) is 14.8. The van der Waals surface area contributed by atoms with E-state index < -0.39 is 0 Å². The van der Waals surface area contributed by atoms with Crippen LogP contribution in [0.4, 0.5) is 0 Å². The Morgan fingerprint density at radius 1 is 1.20 bits per heavy atom. The molecule has 6 nitrogen and oxygen atoms in total. The summed E-state index contributed by atoms with van der Waals surface area (Å²) >= 11 is 1.43. The van der Waals surface area contributed by atoms with E-state index in [-0.39, 0.29) is 5.91 Å². The third kappa shape index (κ3) is 3.77. The number of ether oxygens (including phenoxy) is 2. The lowest BCUT2D eigenvalue weighted by Crippen LogP contribution is -2.34. The van der Waals surface area contributed by atoms with E-state index in [0.29, 0.717) is 16.4 Å². The maximum absolute atomic E-state index is 12.9. The van der Waals surface area contributed by atoms with Gasteiger partial charge >= 0.3 is 0 Å². The van der Waals surface area contributed by atoms with Crippen LogP contribution < -0.4 is 14.8 Å². The first-order valence-electron chi connectivity index (χ1n) is 8.34. The molecule has 0 atom stereocenters. The van der Waals surface area contributed by atoms with Gasteiger partial charge in [0, 0.05) is 25.2 Å². The van der Waals surface area contributed by atoms with Gasteiger partial charge in [-0.25, -0.2) is 4.98 Å². The number of methoxy groups -OCH3 is 2. The molecule has 1 aliphatic rings. The van der Waals surface area contributed by atoms with E-state index >= 15 is 0 Å².